The van der Waals surface area contributed by atoms with Crippen LogP contribution in [0.5, 0.6) is 23.0 Å². The number of alkyl halides is 2. The first-order chi connectivity index (χ1) is 36.5. The molecule has 2 atom stereocenters. The Morgan fingerprint density at radius 2 is 1.20 bits per heavy atom. The van der Waals surface area contributed by atoms with Gasteiger partial charge in [0, 0.05) is 108 Å². The Bertz CT molecular complexity index is 2940. The van der Waals surface area contributed by atoms with E-state index in [1.54, 1.807) is 33.1 Å². The molecule has 2 aliphatic carbocycles. The second kappa shape index (κ2) is 29.0. The van der Waals surface area contributed by atoms with E-state index in [1.165, 1.54) is 16.2 Å². The number of rotatable bonds is 11. The van der Waals surface area contributed by atoms with Crippen molar-refractivity contribution in [3.05, 3.63) is 120 Å². The molecule has 2 unspecified atom stereocenters. The number of nitrogens with one attached hydrogen (secondary N) is 1. The van der Waals surface area contributed by atoms with Crippen molar-refractivity contribution in [1.29, 1.82) is 0 Å². The SMILES string of the molecule is C.C.CC(C)(C)C1Cc2cc(CC(=O)C3(c4ccc5c(c4)OCO5)CC3)ccc2N1.CF.CN(C)C(=O)CCl.CN(C)C(=O)Cn1c(C(C)(C)C)cc2cc(CC(=O)C3(c4ccc5c(c4)OCO5)CC3)ccc21.[2H]C1CCCO1.[CH3-].[Pd]. The minimum absolute atomic E-state index is 0. The average Bonchev–Trinajstić information content (AvgIpc) is 3.92. The largest absolute Gasteiger partial charge is 0.454 e. The number of ether oxygens (including phenoxy) is 5. The zero-order valence-electron chi connectivity index (χ0n) is 48.6. The van der Waals surface area contributed by atoms with E-state index in [2.05, 4.69) is 87.8 Å². The summed E-state index contributed by atoms with van der Waals surface area (Å²) in [7, 11) is 7.40. The fourth-order valence-corrected chi connectivity index (χ4v) is 10.1. The molecule has 16 heteroatoms. The number of halogens is 2. The van der Waals surface area contributed by atoms with Crippen LogP contribution in [0.4, 0.5) is 10.1 Å². The van der Waals surface area contributed by atoms with E-state index >= 15 is 0 Å². The molecule has 1 aromatic heterocycles. The Hall–Kier alpha value is -5.46. The number of hydrogen-bond donors (Lipinski definition) is 1. The van der Waals surface area contributed by atoms with Crippen molar-refractivity contribution in [1.82, 2.24) is 14.4 Å². The van der Waals surface area contributed by atoms with E-state index in [0.717, 1.165) is 113 Å². The Labute approximate surface area is 497 Å². The summed E-state index contributed by atoms with van der Waals surface area (Å²) in [6.07, 6.45) is 7.48. The van der Waals surface area contributed by atoms with Crippen LogP contribution in [0.1, 0.15) is 130 Å². The van der Waals surface area contributed by atoms with Gasteiger partial charge < -0.3 is 50.8 Å². The Balaban J connectivity index is 0.000000329. The van der Waals surface area contributed by atoms with E-state index in [-0.39, 0.29) is 103 Å². The molecule has 5 aromatic rings. The molecule has 444 valence electrons. The van der Waals surface area contributed by atoms with E-state index in [9.17, 15) is 23.6 Å². The van der Waals surface area contributed by atoms with Crippen molar-refractivity contribution >= 4 is 51.6 Å². The van der Waals surface area contributed by atoms with E-state index in [1.807, 2.05) is 42.5 Å². The van der Waals surface area contributed by atoms with Gasteiger partial charge in [0.15, 0.2) is 23.0 Å². The van der Waals surface area contributed by atoms with Crippen molar-refractivity contribution in [2.75, 3.05) is 73.3 Å². The molecule has 0 spiro atoms. The number of Topliss-reactive ketones (excluding diaryl/α,β-unsaturated/α-hetero) is 2. The number of likely N-dealkylation sites (N-methyl/N-ethyl adjacent to an activating group) is 1. The standard InChI is InChI=1S/C28H32N2O4.C24H27NO3.C4H8ClNO.C4H8O.CH3F.2CH4.CH3.Pd/c1-27(2,3)24-14-19-12-18(6-8-21(19)30(24)16-26(32)29(4)5)13-25(31)28(10-11-28)20-7-9-22-23(15-20)34-17-33-22;1-23(2,3)21-12-16-10-15(4-6-18(16)25-21)11-22(26)24(8-9-24)17-5-7-19-20(13-17)28-14-27-19;1-6(2)4(7)3-5;1-2-4-5-3-1;1-2;;;;/h6-9,12,14-15H,10-11,13,16-17H2,1-5H3;4-7,10,13,21,25H,8-9,11-12,14H2,1-3H3;3H2,1-2H3;1-4H2;1H3;2*1H4;1H3;/q;;;;;;;-1;/i;;;3D;;;;;. The first kappa shape index (κ1) is 67.1. The van der Waals surface area contributed by atoms with Gasteiger partial charge in [-0.25, -0.2) is 0 Å². The predicted octanol–water partition coefficient (Wildman–Crippen LogP) is 12.7. The molecule has 0 bridgehead atoms. The summed E-state index contributed by atoms with van der Waals surface area (Å²) in [5.74, 6) is 3.62. The maximum atomic E-state index is 13.5. The van der Waals surface area contributed by atoms with Gasteiger partial charge in [-0.15, -0.1) is 11.6 Å². The minimum atomic E-state index is -0.420. The molecule has 3 fully saturated rings. The van der Waals surface area contributed by atoms with E-state index in [0.29, 0.717) is 38.4 Å². The second-order valence-corrected chi connectivity index (χ2v) is 23.2. The summed E-state index contributed by atoms with van der Waals surface area (Å²) in [6, 6.07) is 27.1. The van der Waals surface area contributed by atoms with Crippen LogP contribution in [0, 0.1) is 12.8 Å². The molecule has 5 heterocycles. The Morgan fingerprint density at radius 1 is 0.700 bits per heavy atom. The van der Waals surface area contributed by atoms with Crippen LogP contribution >= 0.6 is 11.6 Å². The molecule has 4 aromatic carbocycles. The molecule has 4 aliphatic heterocycles. The number of fused-ring (bicyclic) bond motifs is 4. The summed E-state index contributed by atoms with van der Waals surface area (Å²) in [5, 5.41) is 4.70. The molecular formula is C64H89ClFN4O9Pd-. The normalized spacial score (nSPS) is 17.6. The zero-order chi connectivity index (χ0) is 56.0. The third kappa shape index (κ3) is 16.2. The molecule has 6 aliphatic rings. The van der Waals surface area contributed by atoms with Gasteiger partial charge in [0.25, 0.3) is 0 Å². The van der Waals surface area contributed by atoms with Gasteiger partial charge in [0.1, 0.15) is 24.0 Å². The summed E-state index contributed by atoms with van der Waals surface area (Å²) in [6.45, 7) is 14.7. The van der Waals surface area contributed by atoms with Crippen LogP contribution in [0.15, 0.2) is 78.9 Å². The molecule has 11 rings (SSSR count). The number of benzene rings is 4. The number of carbonyl (C=O) groups excluding carboxylic acids is 4. The van der Waals surface area contributed by atoms with Crippen LogP contribution in [0.2, 0.25) is 0 Å². The fraction of sp³-hybridized carbons (Fsp3) is 0.516. The second-order valence-electron chi connectivity index (χ2n) is 22.9. The van der Waals surface area contributed by atoms with Gasteiger partial charge in [-0.2, -0.15) is 0 Å². The third-order valence-corrected chi connectivity index (χ3v) is 15.2. The summed E-state index contributed by atoms with van der Waals surface area (Å²) in [4.78, 5) is 52.6. The molecule has 1 N–H and O–H groups in total. The van der Waals surface area contributed by atoms with Crippen LogP contribution in [0.3, 0.4) is 0 Å². The van der Waals surface area contributed by atoms with Crippen molar-refractivity contribution in [2.24, 2.45) is 5.41 Å². The topological polar surface area (TPSA) is 138 Å². The maximum absolute atomic E-state index is 13.5. The molecule has 1 saturated heterocycles. The Morgan fingerprint density at radius 3 is 1.61 bits per heavy atom. The number of nitrogens with zero attached hydrogens (tertiary/aromatic N) is 3. The number of ketones is 2. The van der Waals surface area contributed by atoms with Crippen LogP contribution in [-0.2, 0) is 86.4 Å². The number of amides is 2. The van der Waals surface area contributed by atoms with Gasteiger partial charge >= 0.3 is 0 Å². The number of aromatic nitrogens is 1. The summed E-state index contributed by atoms with van der Waals surface area (Å²) in [5.41, 5.74) is 8.23. The van der Waals surface area contributed by atoms with Crippen molar-refractivity contribution in [3.63, 3.8) is 0 Å². The van der Waals surface area contributed by atoms with E-state index in [4.69, 9.17) is 36.7 Å². The predicted molar refractivity (Wildman–Crippen MR) is 317 cm³/mol. The van der Waals surface area contributed by atoms with Gasteiger partial charge in [0.05, 0.1) is 19.4 Å². The van der Waals surface area contributed by atoms with E-state index < -0.39 is 5.41 Å². The van der Waals surface area contributed by atoms with Gasteiger partial charge in [-0.05, 0) is 127 Å². The van der Waals surface area contributed by atoms with Gasteiger partial charge in [-0.1, -0.05) is 86.7 Å². The van der Waals surface area contributed by atoms with Gasteiger partial charge in [0.2, 0.25) is 25.4 Å². The first-order valence-electron chi connectivity index (χ1n) is 26.8. The van der Waals surface area contributed by atoms with Crippen LogP contribution < -0.4 is 24.3 Å². The number of anilines is 1. The van der Waals surface area contributed by atoms with Crippen molar-refractivity contribution in [3.8, 4) is 23.0 Å². The van der Waals surface area contributed by atoms with Crippen molar-refractivity contribution < 1.29 is 69.0 Å². The molecule has 2 saturated carbocycles. The quantitative estimate of drug-likeness (QED) is 0.0773. The number of hydrogen-bond acceptors (Lipinski definition) is 10. The fourth-order valence-electron chi connectivity index (χ4n) is 9.89. The maximum Gasteiger partial charge on any atom is 0.242 e. The molecular weight excluding hydrogens is 1130 g/mol. The molecule has 2 amide bonds. The van der Waals surface area contributed by atoms with Crippen molar-refractivity contribution in [2.45, 2.75) is 143 Å². The van der Waals surface area contributed by atoms with Crippen LogP contribution in [0.25, 0.3) is 10.9 Å². The summed E-state index contributed by atoms with van der Waals surface area (Å²) < 4.78 is 45.2. The molecule has 13 nitrogen and oxygen atoms in total. The smallest absolute Gasteiger partial charge is 0.242 e. The molecule has 80 heavy (non-hydrogen) atoms. The number of carbonyl (C=O) groups is 4. The minimum Gasteiger partial charge on any atom is -0.454 e. The Kier molecular flexibility index (Phi) is 24.3. The van der Waals surface area contributed by atoms with Crippen LogP contribution in [-0.4, -0.2) is 112 Å². The first-order valence-corrected chi connectivity index (χ1v) is 26.8. The third-order valence-electron chi connectivity index (χ3n) is 15.0. The summed E-state index contributed by atoms with van der Waals surface area (Å²) >= 11 is 5.16. The zero-order valence-corrected chi connectivity index (χ0v) is 50.0. The molecule has 0 radical (unpaired) electrons. The average molecular weight is 1220 g/mol. The van der Waals surface area contributed by atoms with Gasteiger partial charge in [-0.3, -0.25) is 23.6 Å². The monoisotopic (exact) mass is 1220 g/mol.